The minimum atomic E-state index is -6.09. The van der Waals surface area contributed by atoms with Gasteiger partial charge in [-0.25, -0.2) is 8.42 Å². The van der Waals surface area contributed by atoms with Gasteiger partial charge < -0.3 is 10.3 Å². The molecule has 0 aromatic heterocycles. The Morgan fingerprint density at radius 2 is 1.50 bits per heavy atom. The normalized spacial score (nSPS) is 23.1. The van der Waals surface area contributed by atoms with Crippen molar-refractivity contribution in [2.24, 2.45) is 5.73 Å². The molecule has 0 bridgehead atoms. The molecule has 154 valence electrons. The summed E-state index contributed by atoms with van der Waals surface area (Å²) in [5.41, 5.74) is -0.0877. The van der Waals surface area contributed by atoms with E-state index in [9.17, 15) is 13.2 Å². The van der Waals surface area contributed by atoms with Crippen LogP contribution in [0.5, 0.6) is 0 Å². The summed E-state index contributed by atoms with van der Waals surface area (Å²) in [5, 5.41) is 0. The molecule has 0 saturated carbocycles. The first-order chi connectivity index (χ1) is 11.6. The van der Waals surface area contributed by atoms with Crippen LogP contribution < -0.4 is 5.73 Å². The minimum Gasteiger partial charge on any atom is -0.741 e. The average molecular weight is 488 g/mol. The first-order valence-corrected chi connectivity index (χ1v) is 9.80. The fourth-order valence-corrected chi connectivity index (χ4v) is 2.43. The molecule has 10 heteroatoms. The summed E-state index contributed by atoms with van der Waals surface area (Å²) in [4.78, 5) is 2.46. The van der Waals surface area contributed by atoms with Crippen LogP contribution in [0.2, 0.25) is 0 Å². The topological polar surface area (TPSA) is 86.5 Å². The Balaban J connectivity index is 0. The molecule has 0 unspecified atom stereocenters. The van der Waals surface area contributed by atoms with E-state index in [4.69, 9.17) is 18.7 Å². The van der Waals surface area contributed by atoms with Crippen LogP contribution in [0.25, 0.3) is 0 Å². The molecule has 26 heavy (non-hydrogen) atoms. The number of nitrogens with zero attached hydrogens (tertiary/aromatic N) is 1. The van der Waals surface area contributed by atoms with E-state index in [1.54, 1.807) is 0 Å². The Morgan fingerprint density at radius 1 is 1.12 bits per heavy atom. The Kier molecular flexibility index (Phi) is 15.8. The van der Waals surface area contributed by atoms with Crippen molar-refractivity contribution in [2.75, 3.05) is 19.6 Å². The van der Waals surface area contributed by atoms with Crippen molar-refractivity contribution in [3.63, 3.8) is 0 Å². The quantitative estimate of drug-likeness (QED) is 0.279. The molecule has 1 aliphatic carbocycles. The maximum atomic E-state index is 10.7. The molecule has 2 aliphatic rings. The van der Waals surface area contributed by atoms with Crippen molar-refractivity contribution in [2.45, 2.75) is 57.0 Å². The maximum Gasteiger partial charge on any atom is 3.00 e. The average Bonchev–Trinajstić information content (AvgIpc) is 2.93. The van der Waals surface area contributed by atoms with Gasteiger partial charge in [0.2, 0.25) is 0 Å². The maximum absolute atomic E-state index is 10.7. The Labute approximate surface area is 167 Å². The molecule has 1 saturated heterocycles. The van der Waals surface area contributed by atoms with Crippen LogP contribution in [0.15, 0.2) is 24.3 Å². The molecule has 0 aromatic rings. The van der Waals surface area contributed by atoms with Crippen molar-refractivity contribution in [3.8, 4) is 0 Å². The van der Waals surface area contributed by atoms with Crippen molar-refractivity contribution in [3.05, 3.63) is 24.3 Å². The van der Waals surface area contributed by atoms with Gasteiger partial charge in [-0.1, -0.05) is 31.2 Å². The van der Waals surface area contributed by atoms with Gasteiger partial charge in [0.1, 0.15) is 0 Å². The Bertz CT molecular complexity index is 475. The van der Waals surface area contributed by atoms with Crippen molar-refractivity contribution in [1.29, 1.82) is 0 Å². The van der Waals surface area contributed by atoms with Gasteiger partial charge in [-0.05, 0) is 51.6 Å². The largest absolute Gasteiger partial charge is 3.00 e. The summed E-state index contributed by atoms with van der Waals surface area (Å²) in [5.74, 6) is 0. The third kappa shape index (κ3) is 13.0. The van der Waals surface area contributed by atoms with Crippen LogP contribution in [0.1, 0.15) is 45.4 Å². The number of rotatable bonds is 2. The second-order valence-corrected chi connectivity index (χ2v) is 7.03. The van der Waals surface area contributed by atoms with E-state index in [0.29, 0.717) is 6.04 Å². The van der Waals surface area contributed by atoms with Crippen molar-refractivity contribution in [1.82, 2.24) is 4.90 Å². The zero-order chi connectivity index (χ0) is 19.3. The zero-order valence-corrected chi connectivity index (χ0v) is 17.3. The first-order valence-electron chi connectivity index (χ1n) is 8.39. The molecule has 2 N–H and O–H groups in total. The van der Waals surface area contributed by atoms with Crippen LogP contribution in [0.3, 0.4) is 0 Å². The predicted molar refractivity (Wildman–Crippen MR) is 91.8 cm³/mol. The first kappa shape index (κ1) is 27.9. The van der Waals surface area contributed by atoms with Gasteiger partial charge in [-0.15, -0.1) is 0 Å². The molecule has 1 heterocycles. The van der Waals surface area contributed by atoms with Crippen LogP contribution in [-0.4, -0.2) is 49.1 Å². The Hall–Kier alpha value is -0.277. The number of halogens is 3. The third-order valence-corrected chi connectivity index (χ3v) is 4.36. The minimum absolute atomic E-state index is 0. The van der Waals surface area contributed by atoms with E-state index in [0.717, 1.165) is 6.54 Å². The van der Waals surface area contributed by atoms with Gasteiger partial charge >= 0.3 is 25.0 Å². The molecular formula is C16H28F3N2O3RhS+2. The molecule has 1 atom stereocenters. The second kappa shape index (κ2) is 14.7. The monoisotopic (exact) mass is 488 g/mol. The molecule has 0 amide bonds. The molecule has 5 nitrogen and oxygen atoms in total. The number of alkyl halides is 3. The van der Waals surface area contributed by atoms with Gasteiger partial charge in [0.25, 0.3) is 0 Å². The van der Waals surface area contributed by atoms with E-state index < -0.39 is 15.6 Å². The van der Waals surface area contributed by atoms with Crippen LogP contribution in [0.4, 0.5) is 13.2 Å². The van der Waals surface area contributed by atoms with E-state index in [1.165, 1.54) is 51.6 Å². The smallest absolute Gasteiger partial charge is 0.741 e. The number of hydrogen-bond acceptors (Lipinski definition) is 5. The third-order valence-electron chi connectivity index (χ3n) is 3.79. The van der Waals surface area contributed by atoms with Gasteiger partial charge in [0, 0.05) is 12.6 Å². The number of hydrogen-bond donors (Lipinski definition) is 1. The van der Waals surface area contributed by atoms with E-state index >= 15 is 0 Å². The summed E-state index contributed by atoms with van der Waals surface area (Å²) in [6.07, 6.45) is 16.7. The summed E-state index contributed by atoms with van der Waals surface area (Å²) >= 11 is 0. The molecule has 2 rings (SSSR count). The van der Waals surface area contributed by atoms with E-state index in [2.05, 4.69) is 36.1 Å². The number of nitrogens with two attached hydrogens (primary N) is 1. The molecule has 0 spiro atoms. The summed E-state index contributed by atoms with van der Waals surface area (Å²) in [6, 6.07) is 0.690. The molecular weight excluding hydrogens is 460 g/mol. The summed E-state index contributed by atoms with van der Waals surface area (Å²) in [6.45, 7) is 5.47. The molecule has 0 aromatic carbocycles. The second-order valence-electron chi connectivity index (χ2n) is 5.66. The molecule has 1 fully saturated rings. The fourth-order valence-electron chi connectivity index (χ4n) is 2.43. The van der Waals surface area contributed by atoms with Crippen molar-refractivity contribution < 1.29 is 45.6 Å². The Morgan fingerprint density at radius 3 is 1.73 bits per heavy atom. The van der Waals surface area contributed by atoms with Gasteiger partial charge in [0.15, 0.2) is 10.1 Å². The van der Waals surface area contributed by atoms with E-state index in [1.807, 2.05) is 0 Å². The SMILES string of the molecule is C1=C\CC/C=C\CC/1.CCN1CCC[C@H]1CN.O=S(=O)([O-])C(F)(F)F.[Rh+3]. The van der Waals surface area contributed by atoms with Crippen molar-refractivity contribution >= 4 is 10.1 Å². The van der Waals surface area contributed by atoms with Gasteiger partial charge in [-0.2, -0.15) is 13.2 Å². The van der Waals surface area contributed by atoms with Crippen LogP contribution >= 0.6 is 0 Å². The standard InChI is InChI=1S/C8H12.C7H16N2.CHF3O3S.Rh/c1-2-4-6-8-7-5-3-1;1-2-9-5-3-4-7(9)6-8;2-1(3,4)8(5,6)7;/h1-2,7-8H,3-6H2;7H,2-6,8H2,1H3;(H,5,6,7);/q;;;+3/p-1/b2-1-,8-7-;;;/t;7-;;/m.0../s1. The number of likely N-dealkylation sites (tertiary alicyclic amines) is 1. The van der Waals surface area contributed by atoms with Gasteiger partial charge in [0.05, 0.1) is 0 Å². The van der Waals surface area contributed by atoms with Gasteiger partial charge in [-0.3, -0.25) is 4.90 Å². The number of allylic oxidation sites excluding steroid dienone is 4. The summed E-state index contributed by atoms with van der Waals surface area (Å²) < 4.78 is 58.9. The van der Waals surface area contributed by atoms with Crippen LogP contribution in [-0.2, 0) is 29.6 Å². The van der Waals surface area contributed by atoms with Crippen LogP contribution in [0, 0.1) is 0 Å². The van der Waals surface area contributed by atoms with E-state index in [-0.39, 0.29) is 19.5 Å². The molecule has 0 radical (unpaired) electrons. The summed E-state index contributed by atoms with van der Waals surface area (Å²) in [7, 11) is -6.09. The molecule has 1 aliphatic heterocycles. The fraction of sp³-hybridized carbons (Fsp3) is 0.750. The predicted octanol–water partition coefficient (Wildman–Crippen LogP) is 3.15. The zero-order valence-electron chi connectivity index (χ0n) is 14.9. The number of likely N-dealkylation sites (N-methyl/N-ethyl adjacent to an activating group) is 1.